The average Bonchev–Trinajstić information content (AvgIpc) is 2.47. The van der Waals surface area contributed by atoms with Crippen LogP contribution >= 0.6 is 0 Å². The molecular formula is C11H10N2O2. The van der Waals surface area contributed by atoms with E-state index in [4.69, 9.17) is 0 Å². The lowest BCUT2D eigenvalue weighted by Gasteiger charge is -2.13. The van der Waals surface area contributed by atoms with Crippen LogP contribution in [0.25, 0.3) is 0 Å². The Hall–Kier alpha value is -1.97. The molecule has 0 bridgehead atoms. The SMILES string of the molecule is CC1=CC(=O)N(Cc2cccnc2)C1=O. The monoisotopic (exact) mass is 202 g/mol. The first kappa shape index (κ1) is 9.58. The molecule has 2 heterocycles. The van der Waals surface area contributed by atoms with Gasteiger partial charge >= 0.3 is 0 Å². The molecule has 76 valence electrons. The molecule has 2 amide bonds. The molecule has 0 radical (unpaired) electrons. The van der Waals surface area contributed by atoms with E-state index in [1.807, 2.05) is 6.07 Å². The molecule has 0 aliphatic carbocycles. The van der Waals surface area contributed by atoms with Gasteiger partial charge in [0.1, 0.15) is 0 Å². The number of hydrogen-bond acceptors (Lipinski definition) is 3. The second kappa shape index (κ2) is 3.65. The fourth-order valence-electron chi connectivity index (χ4n) is 1.46. The van der Waals surface area contributed by atoms with E-state index in [1.54, 1.807) is 25.4 Å². The van der Waals surface area contributed by atoms with E-state index in [9.17, 15) is 9.59 Å². The van der Waals surface area contributed by atoms with Crippen molar-refractivity contribution in [1.29, 1.82) is 0 Å². The third-order valence-electron chi connectivity index (χ3n) is 2.25. The number of nitrogens with zero attached hydrogens (tertiary/aromatic N) is 2. The molecule has 1 aliphatic rings. The van der Waals surface area contributed by atoms with Crippen molar-refractivity contribution < 1.29 is 9.59 Å². The lowest BCUT2D eigenvalue weighted by atomic mass is 10.2. The number of carbonyl (C=O) groups is 2. The van der Waals surface area contributed by atoms with Gasteiger partial charge in [-0.2, -0.15) is 0 Å². The van der Waals surface area contributed by atoms with E-state index in [0.29, 0.717) is 12.1 Å². The van der Waals surface area contributed by atoms with Gasteiger partial charge in [0.05, 0.1) is 6.54 Å². The number of rotatable bonds is 2. The first-order chi connectivity index (χ1) is 7.18. The quantitative estimate of drug-likeness (QED) is 0.669. The Kier molecular flexibility index (Phi) is 2.33. The van der Waals surface area contributed by atoms with Crippen molar-refractivity contribution in [3.8, 4) is 0 Å². The van der Waals surface area contributed by atoms with Crippen molar-refractivity contribution in [2.45, 2.75) is 13.5 Å². The highest BCUT2D eigenvalue weighted by molar-refractivity contribution is 6.15. The summed E-state index contributed by atoms with van der Waals surface area (Å²) in [5, 5.41) is 0. The van der Waals surface area contributed by atoms with Gasteiger partial charge in [0.15, 0.2) is 0 Å². The number of imide groups is 1. The Bertz CT molecular complexity index is 437. The molecule has 0 saturated heterocycles. The zero-order chi connectivity index (χ0) is 10.8. The van der Waals surface area contributed by atoms with Crippen molar-refractivity contribution in [3.05, 3.63) is 41.7 Å². The number of amides is 2. The average molecular weight is 202 g/mol. The predicted molar refractivity (Wildman–Crippen MR) is 53.6 cm³/mol. The smallest absolute Gasteiger partial charge is 0.256 e. The highest BCUT2D eigenvalue weighted by atomic mass is 16.2. The van der Waals surface area contributed by atoms with Crippen molar-refractivity contribution >= 4 is 11.8 Å². The summed E-state index contributed by atoms with van der Waals surface area (Å²) < 4.78 is 0. The normalized spacial score (nSPS) is 15.8. The Balaban J connectivity index is 2.15. The Labute approximate surface area is 87.2 Å². The fraction of sp³-hybridized carbons (Fsp3) is 0.182. The Morgan fingerprint density at radius 2 is 2.20 bits per heavy atom. The number of carbonyl (C=O) groups excluding carboxylic acids is 2. The molecule has 0 unspecified atom stereocenters. The van der Waals surface area contributed by atoms with Crippen LogP contribution in [0.15, 0.2) is 36.2 Å². The minimum atomic E-state index is -0.249. The first-order valence-electron chi connectivity index (χ1n) is 4.61. The molecule has 0 N–H and O–H groups in total. The van der Waals surface area contributed by atoms with Crippen LogP contribution in [0.4, 0.5) is 0 Å². The summed E-state index contributed by atoms with van der Waals surface area (Å²) in [6, 6.07) is 3.61. The van der Waals surface area contributed by atoms with Crippen LogP contribution in [0, 0.1) is 0 Å². The maximum atomic E-state index is 11.5. The van der Waals surface area contributed by atoms with E-state index < -0.39 is 0 Å². The fourth-order valence-corrected chi connectivity index (χ4v) is 1.46. The summed E-state index contributed by atoms with van der Waals surface area (Å²) >= 11 is 0. The van der Waals surface area contributed by atoms with Gasteiger partial charge in [-0.15, -0.1) is 0 Å². The van der Waals surface area contributed by atoms with Gasteiger partial charge in [-0.25, -0.2) is 0 Å². The van der Waals surface area contributed by atoms with Gasteiger partial charge in [0.25, 0.3) is 11.8 Å². The van der Waals surface area contributed by atoms with Gasteiger partial charge in [-0.3, -0.25) is 19.5 Å². The molecule has 1 aliphatic heterocycles. The molecule has 0 atom stereocenters. The van der Waals surface area contributed by atoms with E-state index >= 15 is 0 Å². The molecule has 15 heavy (non-hydrogen) atoms. The summed E-state index contributed by atoms with van der Waals surface area (Å²) in [5.41, 5.74) is 1.34. The summed E-state index contributed by atoms with van der Waals surface area (Å²) in [6.07, 6.45) is 4.66. The van der Waals surface area contributed by atoms with Gasteiger partial charge in [-0.1, -0.05) is 6.07 Å². The maximum absolute atomic E-state index is 11.5. The Morgan fingerprint density at radius 1 is 1.40 bits per heavy atom. The van der Waals surface area contributed by atoms with Gasteiger partial charge in [0, 0.05) is 24.0 Å². The van der Waals surface area contributed by atoms with Crippen LogP contribution in [0.3, 0.4) is 0 Å². The molecule has 4 heteroatoms. The molecule has 4 nitrogen and oxygen atoms in total. The summed E-state index contributed by atoms with van der Waals surface area (Å²) in [5.74, 6) is -0.467. The number of hydrogen-bond donors (Lipinski definition) is 0. The third kappa shape index (κ3) is 1.79. The zero-order valence-corrected chi connectivity index (χ0v) is 8.30. The second-order valence-corrected chi connectivity index (χ2v) is 3.42. The second-order valence-electron chi connectivity index (χ2n) is 3.42. The number of aromatic nitrogens is 1. The number of pyridine rings is 1. The molecule has 1 aromatic heterocycles. The minimum absolute atomic E-state index is 0.219. The van der Waals surface area contributed by atoms with Gasteiger partial charge < -0.3 is 0 Å². The molecule has 0 saturated carbocycles. The molecule has 1 aromatic rings. The first-order valence-corrected chi connectivity index (χ1v) is 4.61. The zero-order valence-electron chi connectivity index (χ0n) is 8.30. The Morgan fingerprint density at radius 3 is 2.73 bits per heavy atom. The van der Waals surface area contributed by atoms with Crippen LogP contribution in [0.5, 0.6) is 0 Å². The van der Waals surface area contributed by atoms with Crippen LogP contribution in [-0.4, -0.2) is 21.7 Å². The van der Waals surface area contributed by atoms with Crippen LogP contribution < -0.4 is 0 Å². The molecular weight excluding hydrogens is 192 g/mol. The highest BCUT2D eigenvalue weighted by Crippen LogP contribution is 2.14. The topological polar surface area (TPSA) is 50.3 Å². The summed E-state index contributed by atoms with van der Waals surface area (Å²) in [7, 11) is 0. The molecule has 0 fully saturated rings. The van der Waals surface area contributed by atoms with E-state index in [-0.39, 0.29) is 11.8 Å². The molecule has 0 aromatic carbocycles. The maximum Gasteiger partial charge on any atom is 0.256 e. The lowest BCUT2D eigenvalue weighted by Crippen LogP contribution is -2.30. The summed E-state index contributed by atoms with van der Waals surface area (Å²) in [6.45, 7) is 1.93. The van der Waals surface area contributed by atoms with Crippen molar-refractivity contribution in [2.75, 3.05) is 0 Å². The predicted octanol–water partition coefficient (Wildman–Crippen LogP) is 0.897. The summed E-state index contributed by atoms with van der Waals surface area (Å²) in [4.78, 5) is 28.1. The molecule has 0 spiro atoms. The van der Waals surface area contributed by atoms with Crippen LogP contribution in [-0.2, 0) is 16.1 Å². The van der Waals surface area contributed by atoms with Crippen LogP contribution in [0.2, 0.25) is 0 Å². The van der Waals surface area contributed by atoms with Crippen molar-refractivity contribution in [2.24, 2.45) is 0 Å². The standard InChI is InChI=1S/C11H10N2O2/c1-8-5-10(14)13(11(8)15)7-9-3-2-4-12-6-9/h2-6H,7H2,1H3. The molecule has 2 rings (SSSR count). The minimum Gasteiger partial charge on any atom is -0.271 e. The van der Waals surface area contributed by atoms with Crippen molar-refractivity contribution in [3.63, 3.8) is 0 Å². The van der Waals surface area contributed by atoms with Crippen molar-refractivity contribution in [1.82, 2.24) is 9.88 Å². The van der Waals surface area contributed by atoms with Gasteiger partial charge in [-0.05, 0) is 18.6 Å². The lowest BCUT2D eigenvalue weighted by molar-refractivity contribution is -0.137. The largest absolute Gasteiger partial charge is 0.271 e. The van der Waals surface area contributed by atoms with E-state index in [1.165, 1.54) is 11.0 Å². The highest BCUT2D eigenvalue weighted by Gasteiger charge is 2.27. The van der Waals surface area contributed by atoms with E-state index in [2.05, 4.69) is 4.98 Å². The van der Waals surface area contributed by atoms with E-state index in [0.717, 1.165) is 5.56 Å². The van der Waals surface area contributed by atoms with Gasteiger partial charge in [0.2, 0.25) is 0 Å². The third-order valence-corrected chi connectivity index (χ3v) is 2.25. The van der Waals surface area contributed by atoms with Crippen LogP contribution in [0.1, 0.15) is 12.5 Å².